The van der Waals surface area contributed by atoms with Crippen molar-refractivity contribution in [3.8, 4) is 0 Å². The molecule has 2 amide bonds. The number of carbonyl (C=O) groups is 2. The van der Waals surface area contributed by atoms with Gasteiger partial charge < -0.3 is 10.2 Å². The number of sulfonamides is 1. The van der Waals surface area contributed by atoms with E-state index in [2.05, 4.69) is 12.2 Å². The highest BCUT2D eigenvalue weighted by molar-refractivity contribution is 7.92. The minimum Gasteiger partial charge on any atom is -0.354 e. The van der Waals surface area contributed by atoms with Gasteiger partial charge in [-0.2, -0.15) is 0 Å². The van der Waals surface area contributed by atoms with Crippen LogP contribution < -0.4 is 9.62 Å². The van der Waals surface area contributed by atoms with Gasteiger partial charge in [0.2, 0.25) is 11.8 Å². The smallest absolute Gasteiger partial charge is 0.264 e. The molecule has 1 unspecified atom stereocenters. The highest BCUT2D eigenvalue weighted by Gasteiger charge is 2.34. The summed E-state index contributed by atoms with van der Waals surface area (Å²) in [6.45, 7) is 9.93. The molecule has 220 valence electrons. The minimum atomic E-state index is -4.09. The van der Waals surface area contributed by atoms with Crippen LogP contribution in [0.1, 0.15) is 55.4 Å². The minimum absolute atomic E-state index is 0.108. The van der Waals surface area contributed by atoms with Gasteiger partial charge in [0.05, 0.1) is 10.6 Å². The summed E-state index contributed by atoms with van der Waals surface area (Å²) in [5.74, 6) is -0.642. The van der Waals surface area contributed by atoms with Crippen LogP contribution in [0, 0.1) is 20.8 Å². The van der Waals surface area contributed by atoms with Gasteiger partial charge in [-0.3, -0.25) is 13.9 Å². The maximum atomic E-state index is 14.2. The predicted molar refractivity (Wildman–Crippen MR) is 165 cm³/mol. The van der Waals surface area contributed by atoms with E-state index in [1.165, 1.54) is 4.31 Å². The van der Waals surface area contributed by atoms with E-state index >= 15 is 0 Å². The molecule has 0 radical (unpaired) electrons. The number of nitrogens with zero attached hydrogens (tertiary/aromatic N) is 2. The van der Waals surface area contributed by atoms with E-state index in [4.69, 9.17) is 0 Å². The molecule has 0 aromatic heterocycles. The van der Waals surface area contributed by atoms with Crippen molar-refractivity contribution in [2.24, 2.45) is 0 Å². The Morgan fingerprint density at radius 3 is 2.17 bits per heavy atom. The van der Waals surface area contributed by atoms with Crippen LogP contribution >= 0.6 is 0 Å². The molecular formula is C33H43N3O4S. The molecule has 0 aliphatic heterocycles. The van der Waals surface area contributed by atoms with Crippen LogP contribution in [0.15, 0.2) is 77.7 Å². The van der Waals surface area contributed by atoms with Crippen LogP contribution in [0.4, 0.5) is 5.69 Å². The summed E-state index contributed by atoms with van der Waals surface area (Å²) in [6, 6.07) is 21.2. The van der Waals surface area contributed by atoms with Gasteiger partial charge in [-0.05, 0) is 74.9 Å². The van der Waals surface area contributed by atoms with E-state index in [1.54, 1.807) is 35.2 Å². The Balaban J connectivity index is 2.02. The van der Waals surface area contributed by atoms with E-state index in [0.29, 0.717) is 25.1 Å². The molecule has 0 saturated heterocycles. The first-order chi connectivity index (χ1) is 19.6. The Morgan fingerprint density at radius 2 is 1.54 bits per heavy atom. The van der Waals surface area contributed by atoms with Gasteiger partial charge in [-0.15, -0.1) is 0 Å². The van der Waals surface area contributed by atoms with Crippen molar-refractivity contribution < 1.29 is 18.0 Å². The Labute approximate surface area is 245 Å². The topological polar surface area (TPSA) is 86.8 Å². The zero-order chi connectivity index (χ0) is 30.0. The second kappa shape index (κ2) is 14.8. The summed E-state index contributed by atoms with van der Waals surface area (Å²) in [6.07, 6.45) is 2.73. The Hall–Kier alpha value is -3.65. The molecule has 1 atom stereocenters. The van der Waals surface area contributed by atoms with Crippen LogP contribution in [0.25, 0.3) is 0 Å². The summed E-state index contributed by atoms with van der Waals surface area (Å²) in [4.78, 5) is 29.1. The van der Waals surface area contributed by atoms with Gasteiger partial charge in [-0.25, -0.2) is 8.42 Å². The number of unbranched alkanes of at least 4 members (excludes halogenated alkanes) is 1. The zero-order valence-corrected chi connectivity index (χ0v) is 25.7. The molecule has 0 heterocycles. The standard InChI is InChI=1S/C33H43N3O4S/c1-6-8-21-34-33(38)30(7-2)35(22-20-28-12-10-9-11-13-28)32(37)24-36(31-23-26(4)14-17-27(31)5)41(39,40)29-18-15-25(3)16-19-29/h9-19,23,30H,6-8,20-22,24H2,1-5H3,(H,34,38). The Kier molecular flexibility index (Phi) is 11.5. The molecule has 7 nitrogen and oxygen atoms in total. The fourth-order valence-corrected chi connectivity index (χ4v) is 6.21. The molecule has 0 aliphatic rings. The van der Waals surface area contributed by atoms with E-state index in [0.717, 1.165) is 35.1 Å². The number of hydrogen-bond donors (Lipinski definition) is 1. The molecule has 41 heavy (non-hydrogen) atoms. The lowest BCUT2D eigenvalue weighted by Crippen LogP contribution is -2.53. The predicted octanol–water partition coefficient (Wildman–Crippen LogP) is 5.57. The van der Waals surface area contributed by atoms with Crippen molar-refractivity contribution >= 4 is 27.5 Å². The fourth-order valence-electron chi connectivity index (χ4n) is 4.74. The van der Waals surface area contributed by atoms with E-state index in [1.807, 2.05) is 70.2 Å². The lowest BCUT2D eigenvalue weighted by Gasteiger charge is -2.33. The summed E-state index contributed by atoms with van der Waals surface area (Å²) in [7, 11) is -4.09. The van der Waals surface area contributed by atoms with E-state index in [-0.39, 0.29) is 17.3 Å². The van der Waals surface area contributed by atoms with Crippen LogP contribution in [0.5, 0.6) is 0 Å². The van der Waals surface area contributed by atoms with Crippen molar-refractivity contribution in [1.82, 2.24) is 10.2 Å². The maximum Gasteiger partial charge on any atom is 0.264 e. The lowest BCUT2D eigenvalue weighted by molar-refractivity contribution is -0.139. The third kappa shape index (κ3) is 8.43. The second-order valence-electron chi connectivity index (χ2n) is 10.5. The molecule has 0 saturated carbocycles. The maximum absolute atomic E-state index is 14.2. The quantitative estimate of drug-likeness (QED) is 0.254. The Bertz CT molecular complexity index is 1410. The molecule has 1 N–H and O–H groups in total. The first-order valence-electron chi connectivity index (χ1n) is 14.4. The fraction of sp³-hybridized carbons (Fsp3) is 0.394. The molecule has 0 bridgehead atoms. The number of benzene rings is 3. The number of aryl methyl sites for hydroxylation is 3. The molecule has 0 aliphatic carbocycles. The van der Waals surface area contributed by atoms with Crippen LogP contribution in [-0.2, 0) is 26.0 Å². The number of hydrogen-bond acceptors (Lipinski definition) is 4. The number of amides is 2. The number of nitrogens with one attached hydrogen (secondary N) is 1. The second-order valence-corrected chi connectivity index (χ2v) is 12.4. The third-order valence-electron chi connectivity index (χ3n) is 7.22. The average Bonchev–Trinajstić information content (AvgIpc) is 2.96. The number of carbonyl (C=O) groups excluding carboxylic acids is 2. The van der Waals surface area contributed by atoms with Crippen molar-refractivity contribution in [1.29, 1.82) is 0 Å². The van der Waals surface area contributed by atoms with Gasteiger partial charge in [0.1, 0.15) is 12.6 Å². The number of rotatable bonds is 14. The van der Waals surface area contributed by atoms with Crippen molar-refractivity contribution in [3.63, 3.8) is 0 Å². The summed E-state index contributed by atoms with van der Waals surface area (Å²) in [5, 5.41) is 2.97. The molecule has 8 heteroatoms. The normalized spacial score (nSPS) is 12.0. The van der Waals surface area contributed by atoms with Gasteiger partial charge in [0.15, 0.2) is 0 Å². The van der Waals surface area contributed by atoms with Crippen molar-refractivity contribution in [2.75, 3.05) is 23.9 Å². The molecule has 3 rings (SSSR count). The van der Waals surface area contributed by atoms with Gasteiger partial charge >= 0.3 is 0 Å². The van der Waals surface area contributed by atoms with Crippen molar-refractivity contribution in [2.45, 2.75) is 71.2 Å². The largest absolute Gasteiger partial charge is 0.354 e. The van der Waals surface area contributed by atoms with E-state index in [9.17, 15) is 18.0 Å². The van der Waals surface area contributed by atoms with Crippen LogP contribution in [-0.4, -0.2) is 50.8 Å². The van der Waals surface area contributed by atoms with Gasteiger partial charge in [0.25, 0.3) is 10.0 Å². The first-order valence-corrected chi connectivity index (χ1v) is 15.8. The SMILES string of the molecule is CCCCNC(=O)C(CC)N(CCc1ccccc1)C(=O)CN(c1cc(C)ccc1C)S(=O)(=O)c1ccc(C)cc1. The van der Waals surface area contributed by atoms with Crippen LogP contribution in [0.2, 0.25) is 0 Å². The lowest BCUT2D eigenvalue weighted by atomic mass is 10.1. The summed E-state index contributed by atoms with van der Waals surface area (Å²) < 4.78 is 29.3. The summed E-state index contributed by atoms with van der Waals surface area (Å²) in [5.41, 5.74) is 4.03. The molecule has 3 aromatic rings. The van der Waals surface area contributed by atoms with E-state index < -0.39 is 28.5 Å². The van der Waals surface area contributed by atoms with Gasteiger partial charge in [-0.1, -0.05) is 80.4 Å². The van der Waals surface area contributed by atoms with Crippen LogP contribution in [0.3, 0.4) is 0 Å². The molecular weight excluding hydrogens is 534 g/mol. The van der Waals surface area contributed by atoms with Gasteiger partial charge in [0, 0.05) is 13.1 Å². The highest BCUT2D eigenvalue weighted by Crippen LogP contribution is 2.28. The molecule has 0 spiro atoms. The average molecular weight is 578 g/mol. The summed E-state index contributed by atoms with van der Waals surface area (Å²) >= 11 is 0. The highest BCUT2D eigenvalue weighted by atomic mass is 32.2. The molecule has 3 aromatic carbocycles. The number of anilines is 1. The third-order valence-corrected chi connectivity index (χ3v) is 8.99. The Morgan fingerprint density at radius 1 is 0.878 bits per heavy atom. The molecule has 0 fully saturated rings. The zero-order valence-electron chi connectivity index (χ0n) is 24.9. The van der Waals surface area contributed by atoms with Crippen molar-refractivity contribution in [3.05, 3.63) is 95.1 Å². The monoisotopic (exact) mass is 577 g/mol. The first kappa shape index (κ1) is 31.9.